The third-order valence-electron chi connectivity index (χ3n) is 8.67. The number of pyridine rings is 1. The summed E-state index contributed by atoms with van der Waals surface area (Å²) in [7, 11) is 0. The van der Waals surface area contributed by atoms with Crippen molar-refractivity contribution in [1.29, 1.82) is 0 Å². The van der Waals surface area contributed by atoms with Crippen molar-refractivity contribution in [3.05, 3.63) is 75.7 Å². The molecule has 7 rings (SSSR count). The molecular weight excluding hydrogens is 470 g/mol. The van der Waals surface area contributed by atoms with Gasteiger partial charge in [0.15, 0.2) is 5.41 Å². The number of anilines is 1. The summed E-state index contributed by atoms with van der Waals surface area (Å²) in [5.41, 5.74) is 0.832. The van der Waals surface area contributed by atoms with Crippen LogP contribution in [0.3, 0.4) is 0 Å². The van der Waals surface area contributed by atoms with Crippen molar-refractivity contribution in [2.24, 2.45) is 5.41 Å². The largest absolute Gasteiger partial charge is 0.347 e. The van der Waals surface area contributed by atoms with Crippen LogP contribution in [0.15, 0.2) is 53.5 Å². The summed E-state index contributed by atoms with van der Waals surface area (Å²) < 4.78 is 1.46. The second kappa shape index (κ2) is 7.99. The molecule has 1 spiro atoms. The number of imide groups is 2. The SMILES string of the molecule is O=C1NC(=O)[C@@]2(Cc3c(nc4ccccn4c3=O)N3CCc4ccccc4[C@@H]32)C(=O)N1C1CCCCC1. The average Bonchev–Trinajstić information content (AvgIpc) is 2.92. The third kappa shape index (κ3) is 3.00. The van der Waals surface area contributed by atoms with Gasteiger partial charge in [0.25, 0.3) is 5.56 Å². The Bertz CT molecular complexity index is 1540. The van der Waals surface area contributed by atoms with Gasteiger partial charge in [0.05, 0.1) is 11.6 Å². The lowest BCUT2D eigenvalue weighted by atomic mass is 9.65. The first-order chi connectivity index (χ1) is 18.0. The van der Waals surface area contributed by atoms with Crippen molar-refractivity contribution in [1.82, 2.24) is 19.6 Å². The first kappa shape index (κ1) is 22.2. The summed E-state index contributed by atoms with van der Waals surface area (Å²) in [6.07, 6.45) is 6.61. The van der Waals surface area contributed by atoms with E-state index in [0.29, 0.717) is 30.0 Å². The molecule has 2 aromatic heterocycles. The lowest BCUT2D eigenvalue weighted by molar-refractivity contribution is -0.156. The van der Waals surface area contributed by atoms with Gasteiger partial charge in [-0.25, -0.2) is 9.78 Å². The van der Waals surface area contributed by atoms with Gasteiger partial charge in [-0.3, -0.25) is 29.0 Å². The predicted molar refractivity (Wildman–Crippen MR) is 135 cm³/mol. The van der Waals surface area contributed by atoms with Crippen LogP contribution in [0.25, 0.3) is 5.65 Å². The van der Waals surface area contributed by atoms with Gasteiger partial charge in [-0.1, -0.05) is 49.6 Å². The Labute approximate surface area is 213 Å². The molecule has 188 valence electrons. The minimum Gasteiger partial charge on any atom is -0.347 e. The summed E-state index contributed by atoms with van der Waals surface area (Å²) in [5.74, 6) is -0.615. The fourth-order valence-corrected chi connectivity index (χ4v) is 6.95. The van der Waals surface area contributed by atoms with Crippen LogP contribution in [-0.4, -0.2) is 44.7 Å². The Hall–Kier alpha value is -4.01. The van der Waals surface area contributed by atoms with Crippen molar-refractivity contribution in [3.8, 4) is 0 Å². The Morgan fingerprint density at radius 1 is 0.946 bits per heavy atom. The monoisotopic (exact) mass is 497 g/mol. The number of carbonyl (C=O) groups excluding carboxylic acids is 3. The van der Waals surface area contributed by atoms with Gasteiger partial charge >= 0.3 is 6.03 Å². The molecule has 4 aliphatic rings. The minimum atomic E-state index is -1.65. The standard InChI is InChI=1S/C28H27N5O4/c34-24-20-16-28(25(35)30-27(37)33(26(28)36)18-9-2-1-3-10-18)22-19-11-5-4-8-17(19)13-15-32(22)23(20)29-21-12-6-7-14-31(21)24/h4-8,11-12,14,18,22H,1-3,9-10,13,15-16H2,(H,30,35,37)/t22-,28+/m1/s1. The van der Waals surface area contributed by atoms with E-state index in [1.807, 2.05) is 35.2 Å². The molecule has 4 amide bonds. The van der Waals surface area contributed by atoms with Crippen LogP contribution in [0.4, 0.5) is 10.6 Å². The number of nitrogens with one attached hydrogen (secondary N) is 1. The number of barbiturate groups is 1. The molecule has 1 saturated heterocycles. The molecule has 1 aliphatic carbocycles. The maximum absolute atomic E-state index is 14.6. The summed E-state index contributed by atoms with van der Waals surface area (Å²) in [6.45, 7) is 0.504. The zero-order chi connectivity index (χ0) is 25.3. The number of carbonyl (C=O) groups is 3. The number of aromatic nitrogens is 2. The number of amides is 4. The van der Waals surface area contributed by atoms with E-state index in [1.54, 1.807) is 18.3 Å². The van der Waals surface area contributed by atoms with E-state index in [2.05, 4.69) is 5.32 Å². The lowest BCUT2D eigenvalue weighted by Crippen LogP contribution is -2.71. The molecule has 3 aliphatic heterocycles. The Balaban J connectivity index is 1.49. The van der Waals surface area contributed by atoms with Crippen LogP contribution in [0.1, 0.15) is 54.8 Å². The molecule has 9 heteroatoms. The zero-order valence-corrected chi connectivity index (χ0v) is 20.4. The number of rotatable bonds is 1. The molecule has 2 fully saturated rings. The Morgan fingerprint density at radius 2 is 1.73 bits per heavy atom. The van der Waals surface area contributed by atoms with Gasteiger partial charge in [-0.05, 0) is 42.5 Å². The molecule has 37 heavy (non-hydrogen) atoms. The summed E-state index contributed by atoms with van der Waals surface area (Å²) in [5, 5.41) is 2.54. The summed E-state index contributed by atoms with van der Waals surface area (Å²) in [6, 6.07) is 11.6. The first-order valence-corrected chi connectivity index (χ1v) is 13.0. The fraction of sp³-hybridized carbons (Fsp3) is 0.393. The topological polar surface area (TPSA) is 104 Å². The predicted octanol–water partition coefficient (Wildman–Crippen LogP) is 2.75. The highest BCUT2D eigenvalue weighted by Crippen LogP contribution is 2.53. The second-order valence-corrected chi connectivity index (χ2v) is 10.6. The van der Waals surface area contributed by atoms with Gasteiger partial charge in [0.1, 0.15) is 11.5 Å². The van der Waals surface area contributed by atoms with E-state index in [0.717, 1.165) is 43.2 Å². The molecule has 0 radical (unpaired) electrons. The van der Waals surface area contributed by atoms with E-state index < -0.39 is 29.3 Å². The molecule has 1 saturated carbocycles. The van der Waals surface area contributed by atoms with Gasteiger partial charge in [-0.15, -0.1) is 0 Å². The van der Waals surface area contributed by atoms with Crippen molar-refractivity contribution < 1.29 is 14.4 Å². The maximum Gasteiger partial charge on any atom is 0.331 e. The van der Waals surface area contributed by atoms with E-state index in [1.165, 1.54) is 9.30 Å². The highest BCUT2D eigenvalue weighted by atomic mass is 16.2. The van der Waals surface area contributed by atoms with Crippen LogP contribution in [0.5, 0.6) is 0 Å². The number of hydrogen-bond donors (Lipinski definition) is 1. The van der Waals surface area contributed by atoms with E-state index in [-0.39, 0.29) is 18.0 Å². The average molecular weight is 498 g/mol. The van der Waals surface area contributed by atoms with Crippen molar-refractivity contribution >= 4 is 29.3 Å². The first-order valence-electron chi connectivity index (χ1n) is 13.0. The van der Waals surface area contributed by atoms with Gasteiger partial charge in [0, 0.05) is 25.2 Å². The quantitative estimate of drug-likeness (QED) is 0.519. The molecule has 0 unspecified atom stereocenters. The van der Waals surface area contributed by atoms with E-state index in [4.69, 9.17) is 4.98 Å². The molecule has 1 aromatic carbocycles. The van der Waals surface area contributed by atoms with Gasteiger partial charge in [-0.2, -0.15) is 0 Å². The second-order valence-electron chi connectivity index (χ2n) is 10.6. The normalized spacial score (nSPS) is 25.6. The van der Waals surface area contributed by atoms with Crippen molar-refractivity contribution in [3.63, 3.8) is 0 Å². The number of urea groups is 1. The lowest BCUT2D eigenvalue weighted by Gasteiger charge is -2.54. The molecule has 2 atom stereocenters. The Kier molecular flexibility index (Phi) is 4.80. The van der Waals surface area contributed by atoms with Crippen LogP contribution in [0.2, 0.25) is 0 Å². The maximum atomic E-state index is 14.6. The molecule has 5 heterocycles. The fourth-order valence-electron chi connectivity index (χ4n) is 6.95. The van der Waals surface area contributed by atoms with E-state index in [9.17, 15) is 19.2 Å². The van der Waals surface area contributed by atoms with Crippen LogP contribution < -0.4 is 15.8 Å². The number of benzene rings is 1. The highest BCUT2D eigenvalue weighted by molar-refractivity contribution is 6.20. The van der Waals surface area contributed by atoms with Crippen LogP contribution >= 0.6 is 0 Å². The van der Waals surface area contributed by atoms with Crippen LogP contribution in [0, 0.1) is 5.41 Å². The van der Waals surface area contributed by atoms with Crippen molar-refractivity contribution in [2.75, 3.05) is 11.4 Å². The van der Waals surface area contributed by atoms with Gasteiger partial charge in [0.2, 0.25) is 11.8 Å². The smallest absolute Gasteiger partial charge is 0.331 e. The number of hydrogen-bond acceptors (Lipinski definition) is 6. The molecule has 9 nitrogen and oxygen atoms in total. The highest BCUT2D eigenvalue weighted by Gasteiger charge is 2.64. The van der Waals surface area contributed by atoms with Crippen LogP contribution in [-0.2, 0) is 22.4 Å². The summed E-state index contributed by atoms with van der Waals surface area (Å²) in [4.78, 5) is 63.5. The van der Waals surface area contributed by atoms with Gasteiger partial charge < -0.3 is 4.90 Å². The molecular formula is C28H27N5O4. The van der Waals surface area contributed by atoms with Crippen molar-refractivity contribution in [2.45, 2.75) is 57.0 Å². The third-order valence-corrected chi connectivity index (χ3v) is 8.67. The Morgan fingerprint density at radius 3 is 2.57 bits per heavy atom. The number of fused-ring (bicyclic) bond motifs is 7. The molecule has 0 bridgehead atoms. The number of nitrogens with zero attached hydrogens (tertiary/aromatic N) is 4. The van der Waals surface area contributed by atoms with E-state index >= 15 is 0 Å². The minimum absolute atomic E-state index is 0.108. The molecule has 3 aromatic rings. The molecule has 1 N–H and O–H groups in total. The zero-order valence-electron chi connectivity index (χ0n) is 20.4. The summed E-state index contributed by atoms with van der Waals surface area (Å²) >= 11 is 0.